The van der Waals surface area contributed by atoms with Crippen molar-refractivity contribution in [2.75, 3.05) is 16.8 Å². The van der Waals surface area contributed by atoms with Crippen molar-refractivity contribution in [2.45, 2.75) is 30.4 Å². The van der Waals surface area contributed by atoms with Gasteiger partial charge in [-0.3, -0.25) is 4.79 Å². The van der Waals surface area contributed by atoms with Gasteiger partial charge >= 0.3 is 12.3 Å². The fraction of sp³-hybridized carbons (Fsp3) is 0.333. The van der Waals surface area contributed by atoms with Crippen LogP contribution in [0.1, 0.15) is 33.8 Å². The van der Waals surface area contributed by atoms with Crippen molar-refractivity contribution in [1.82, 2.24) is 0 Å². The minimum Gasteiger partial charge on any atom is -0.449 e. The van der Waals surface area contributed by atoms with Crippen molar-refractivity contribution < 1.29 is 32.2 Å². The standard InChI is InChI=1S/C21H20F3NO4S2/c1-13(18(26)25-16-7-9-17(10-8-16)29-21(22,23)24)28-19(27)14-3-5-15(6-4-14)20-30-11-2-12-31-20/h3-10,13,20H,2,11-12H2,1H3,(H,25,26). The maximum Gasteiger partial charge on any atom is 0.573 e. The van der Waals surface area contributed by atoms with Gasteiger partial charge in [0.25, 0.3) is 5.91 Å². The second kappa shape index (κ2) is 10.3. The molecule has 0 saturated carbocycles. The molecule has 2 aromatic rings. The van der Waals surface area contributed by atoms with Crippen LogP contribution < -0.4 is 10.1 Å². The third-order valence-electron chi connectivity index (χ3n) is 4.25. The summed E-state index contributed by atoms with van der Waals surface area (Å²) < 4.78 is 45.9. The van der Waals surface area contributed by atoms with Gasteiger partial charge in [-0.1, -0.05) is 12.1 Å². The lowest BCUT2D eigenvalue weighted by atomic mass is 10.1. The van der Waals surface area contributed by atoms with Gasteiger partial charge in [0.2, 0.25) is 0 Å². The highest BCUT2D eigenvalue weighted by Crippen LogP contribution is 2.43. The molecule has 0 bridgehead atoms. The summed E-state index contributed by atoms with van der Waals surface area (Å²) >= 11 is 3.76. The quantitative estimate of drug-likeness (QED) is 0.551. The van der Waals surface area contributed by atoms with Crippen molar-refractivity contribution in [3.63, 3.8) is 0 Å². The van der Waals surface area contributed by atoms with Crippen LogP contribution in [0, 0.1) is 0 Å². The molecule has 1 heterocycles. The Morgan fingerprint density at radius 2 is 1.65 bits per heavy atom. The minimum absolute atomic E-state index is 0.245. The van der Waals surface area contributed by atoms with E-state index in [0.717, 1.165) is 29.2 Å². The van der Waals surface area contributed by atoms with Gasteiger partial charge in [0.1, 0.15) is 5.75 Å². The van der Waals surface area contributed by atoms with Crippen molar-refractivity contribution >= 4 is 41.1 Å². The molecule has 1 saturated heterocycles. The minimum atomic E-state index is -4.79. The van der Waals surface area contributed by atoms with Gasteiger partial charge in [0, 0.05) is 5.69 Å². The van der Waals surface area contributed by atoms with Crippen LogP contribution in [0.25, 0.3) is 0 Å². The Morgan fingerprint density at radius 1 is 1.03 bits per heavy atom. The summed E-state index contributed by atoms with van der Waals surface area (Å²) in [6.45, 7) is 1.41. The zero-order valence-electron chi connectivity index (χ0n) is 16.5. The number of amides is 1. The predicted octanol–water partition coefficient (Wildman–Crippen LogP) is 5.64. The summed E-state index contributed by atoms with van der Waals surface area (Å²) in [6, 6.07) is 11.8. The SMILES string of the molecule is CC(OC(=O)c1ccc(C2SCCCS2)cc1)C(=O)Nc1ccc(OC(F)(F)F)cc1. The third-order valence-corrected chi connectivity index (χ3v) is 7.27. The third kappa shape index (κ3) is 7.10. The number of ether oxygens (including phenoxy) is 2. The van der Waals surface area contributed by atoms with Gasteiger partial charge in [-0.05, 0) is 66.8 Å². The molecule has 2 aromatic carbocycles. The van der Waals surface area contributed by atoms with Gasteiger partial charge in [0.05, 0.1) is 10.1 Å². The normalized spacial score (nSPS) is 15.7. The number of alkyl halides is 3. The summed E-state index contributed by atoms with van der Waals surface area (Å²) in [5, 5.41) is 2.48. The zero-order chi connectivity index (χ0) is 22.4. The fourth-order valence-corrected chi connectivity index (χ4v) is 5.62. The predicted molar refractivity (Wildman–Crippen MR) is 115 cm³/mol. The van der Waals surface area contributed by atoms with E-state index in [4.69, 9.17) is 4.74 Å². The number of carbonyl (C=O) groups is 2. The van der Waals surface area contributed by atoms with E-state index >= 15 is 0 Å². The first-order valence-corrected chi connectivity index (χ1v) is 11.5. The molecule has 1 atom stereocenters. The lowest BCUT2D eigenvalue weighted by molar-refractivity contribution is -0.274. The summed E-state index contributed by atoms with van der Waals surface area (Å²) in [4.78, 5) is 24.6. The van der Waals surface area contributed by atoms with Crippen LogP contribution in [0.5, 0.6) is 5.75 Å². The lowest BCUT2D eigenvalue weighted by Crippen LogP contribution is -2.30. The molecule has 1 N–H and O–H groups in total. The molecule has 1 aliphatic heterocycles. The van der Waals surface area contributed by atoms with Crippen LogP contribution in [0.4, 0.5) is 18.9 Å². The van der Waals surface area contributed by atoms with Crippen LogP contribution in [0.2, 0.25) is 0 Å². The molecular formula is C21H20F3NO4S2. The summed E-state index contributed by atoms with van der Waals surface area (Å²) in [5.74, 6) is 0.591. The van der Waals surface area contributed by atoms with Gasteiger partial charge in [-0.2, -0.15) is 0 Å². The average molecular weight is 472 g/mol. The van der Waals surface area contributed by atoms with Gasteiger partial charge in [-0.25, -0.2) is 4.79 Å². The molecule has 1 amide bonds. The Balaban J connectivity index is 1.52. The number of thioether (sulfide) groups is 2. The largest absolute Gasteiger partial charge is 0.573 e. The average Bonchev–Trinajstić information content (AvgIpc) is 2.74. The van der Waals surface area contributed by atoms with Crippen LogP contribution in [0.3, 0.4) is 0 Å². The molecule has 0 radical (unpaired) electrons. The molecule has 0 spiro atoms. The first-order chi connectivity index (χ1) is 14.7. The first kappa shape index (κ1) is 23.3. The molecule has 1 unspecified atom stereocenters. The maximum atomic E-state index is 12.3. The highest BCUT2D eigenvalue weighted by molar-refractivity contribution is 8.16. The van der Waals surface area contributed by atoms with E-state index in [2.05, 4.69) is 10.1 Å². The summed E-state index contributed by atoms with van der Waals surface area (Å²) in [5.41, 5.74) is 1.71. The lowest BCUT2D eigenvalue weighted by Gasteiger charge is -2.21. The molecule has 1 fully saturated rings. The second-order valence-electron chi connectivity index (χ2n) is 6.66. The van der Waals surface area contributed by atoms with Crippen molar-refractivity contribution in [3.05, 3.63) is 59.7 Å². The molecular weight excluding hydrogens is 451 g/mol. The van der Waals surface area contributed by atoms with Gasteiger partial charge in [0.15, 0.2) is 6.10 Å². The van der Waals surface area contributed by atoms with Crippen molar-refractivity contribution in [2.24, 2.45) is 0 Å². The van der Waals surface area contributed by atoms with E-state index < -0.39 is 30.1 Å². The second-order valence-corrected chi connectivity index (χ2v) is 9.38. The van der Waals surface area contributed by atoms with Gasteiger partial charge < -0.3 is 14.8 Å². The Labute approximate surface area is 186 Å². The molecule has 0 aliphatic carbocycles. The topological polar surface area (TPSA) is 64.6 Å². The number of esters is 1. The maximum absolute atomic E-state index is 12.3. The number of carbonyl (C=O) groups excluding carboxylic acids is 2. The molecule has 31 heavy (non-hydrogen) atoms. The van der Waals surface area contributed by atoms with E-state index in [1.807, 2.05) is 35.7 Å². The Hall–Kier alpha value is -2.33. The number of halogens is 3. The monoisotopic (exact) mass is 471 g/mol. The number of hydrogen-bond acceptors (Lipinski definition) is 6. The van der Waals surface area contributed by atoms with Crippen LogP contribution in [-0.2, 0) is 9.53 Å². The fourth-order valence-electron chi connectivity index (χ4n) is 2.72. The van der Waals surface area contributed by atoms with E-state index in [1.165, 1.54) is 25.5 Å². The van der Waals surface area contributed by atoms with Crippen LogP contribution >= 0.6 is 23.5 Å². The highest BCUT2D eigenvalue weighted by Gasteiger charge is 2.31. The molecule has 10 heteroatoms. The number of nitrogens with one attached hydrogen (secondary N) is 1. The summed E-state index contributed by atoms with van der Waals surface area (Å²) in [6.07, 6.45) is -4.69. The number of benzene rings is 2. The van der Waals surface area contributed by atoms with E-state index in [1.54, 1.807) is 12.1 Å². The van der Waals surface area contributed by atoms with Crippen LogP contribution in [0.15, 0.2) is 48.5 Å². The molecule has 0 aromatic heterocycles. The van der Waals surface area contributed by atoms with E-state index in [-0.39, 0.29) is 5.69 Å². The van der Waals surface area contributed by atoms with E-state index in [0.29, 0.717) is 10.1 Å². The van der Waals surface area contributed by atoms with Crippen molar-refractivity contribution in [1.29, 1.82) is 0 Å². The van der Waals surface area contributed by atoms with E-state index in [9.17, 15) is 22.8 Å². The summed E-state index contributed by atoms with van der Waals surface area (Å²) in [7, 11) is 0. The van der Waals surface area contributed by atoms with Crippen LogP contribution in [-0.4, -0.2) is 35.8 Å². The Morgan fingerprint density at radius 3 is 2.23 bits per heavy atom. The molecule has 1 aliphatic rings. The van der Waals surface area contributed by atoms with Gasteiger partial charge in [-0.15, -0.1) is 36.7 Å². The first-order valence-electron chi connectivity index (χ1n) is 9.42. The number of rotatable bonds is 6. The Kier molecular flexibility index (Phi) is 7.77. The molecule has 3 rings (SSSR count). The smallest absolute Gasteiger partial charge is 0.449 e. The molecule has 166 valence electrons. The number of hydrogen-bond donors (Lipinski definition) is 1. The highest BCUT2D eigenvalue weighted by atomic mass is 32.2. The number of anilines is 1. The Bertz CT molecular complexity index is 898. The van der Waals surface area contributed by atoms with Crippen molar-refractivity contribution in [3.8, 4) is 5.75 Å². The zero-order valence-corrected chi connectivity index (χ0v) is 18.1. The molecule has 5 nitrogen and oxygen atoms in total.